The van der Waals surface area contributed by atoms with E-state index in [0.717, 1.165) is 22.3 Å². The first-order valence-electron chi connectivity index (χ1n) is 9.56. The van der Waals surface area contributed by atoms with Gasteiger partial charge < -0.3 is 11.5 Å². The Bertz CT molecular complexity index is 1090. The predicted octanol–water partition coefficient (Wildman–Crippen LogP) is 4.94. The number of carbonyl (C=O) groups excluding carboxylic acids is 1. The summed E-state index contributed by atoms with van der Waals surface area (Å²) in [5.74, 6) is -0.931. The number of nitrogens with two attached hydrogens (primary N) is 2. The third-order valence-electron chi connectivity index (χ3n) is 5.02. The monoisotopic (exact) mass is 388 g/mol. The van der Waals surface area contributed by atoms with Crippen LogP contribution in [-0.4, -0.2) is 5.91 Å². The van der Waals surface area contributed by atoms with E-state index in [0.29, 0.717) is 35.2 Å². The highest BCUT2D eigenvalue weighted by Crippen LogP contribution is 2.33. The Hall–Kier alpha value is -3.40. The summed E-state index contributed by atoms with van der Waals surface area (Å²) in [6.45, 7) is 3.92. The lowest BCUT2D eigenvalue weighted by atomic mass is 9.86. The maximum Gasteiger partial charge on any atom is 0.245 e. The second kappa shape index (κ2) is 8.74. The summed E-state index contributed by atoms with van der Waals surface area (Å²) < 4.78 is 14.8. The molecule has 0 heterocycles. The van der Waals surface area contributed by atoms with E-state index in [1.54, 1.807) is 18.2 Å². The molecule has 0 spiro atoms. The molecule has 0 bridgehead atoms. The zero-order valence-corrected chi connectivity index (χ0v) is 16.7. The zero-order chi connectivity index (χ0) is 21.0. The highest BCUT2D eigenvalue weighted by molar-refractivity contribution is 6.04. The number of anilines is 1. The molecule has 3 nitrogen and oxygen atoms in total. The van der Waals surface area contributed by atoms with Crippen LogP contribution in [0.2, 0.25) is 0 Å². The molecule has 0 saturated heterocycles. The van der Waals surface area contributed by atoms with Crippen LogP contribution in [0.5, 0.6) is 0 Å². The first kappa shape index (κ1) is 20.3. The van der Waals surface area contributed by atoms with Gasteiger partial charge in [0.2, 0.25) is 5.91 Å². The van der Waals surface area contributed by atoms with E-state index in [2.05, 4.69) is 0 Å². The summed E-state index contributed by atoms with van der Waals surface area (Å²) in [6.07, 6.45) is 0.960. The fraction of sp³-hybridized carbons (Fsp3) is 0.160. The first-order valence-corrected chi connectivity index (χ1v) is 9.56. The van der Waals surface area contributed by atoms with Crippen LogP contribution in [-0.2, 0) is 11.2 Å². The van der Waals surface area contributed by atoms with Crippen LogP contribution in [0.3, 0.4) is 0 Å². The van der Waals surface area contributed by atoms with E-state index < -0.39 is 5.91 Å². The van der Waals surface area contributed by atoms with Crippen molar-refractivity contribution in [2.75, 3.05) is 5.73 Å². The molecule has 0 aliphatic rings. The van der Waals surface area contributed by atoms with Gasteiger partial charge in [-0.25, -0.2) is 4.39 Å². The number of rotatable bonds is 6. The van der Waals surface area contributed by atoms with Crippen LogP contribution in [0.25, 0.3) is 5.57 Å². The molecule has 0 unspecified atom stereocenters. The second-order valence-corrected chi connectivity index (χ2v) is 7.26. The van der Waals surface area contributed by atoms with Crippen molar-refractivity contribution in [3.8, 4) is 0 Å². The summed E-state index contributed by atoms with van der Waals surface area (Å²) in [7, 11) is 0. The van der Waals surface area contributed by atoms with Gasteiger partial charge in [-0.1, -0.05) is 54.1 Å². The number of amides is 1. The Balaban J connectivity index is 2.19. The maximum absolute atomic E-state index is 14.8. The minimum atomic E-state index is -0.548. The quantitative estimate of drug-likeness (QED) is 0.464. The fourth-order valence-corrected chi connectivity index (χ4v) is 3.53. The van der Waals surface area contributed by atoms with Gasteiger partial charge in [-0.2, -0.15) is 0 Å². The molecule has 29 heavy (non-hydrogen) atoms. The molecule has 4 N–H and O–H groups in total. The lowest BCUT2D eigenvalue weighted by molar-refractivity contribution is -0.114. The van der Waals surface area contributed by atoms with Gasteiger partial charge in [0.1, 0.15) is 5.82 Å². The minimum absolute atomic E-state index is 0.377. The molecule has 0 fully saturated rings. The molecule has 0 aliphatic heterocycles. The Morgan fingerprint density at radius 2 is 1.69 bits per heavy atom. The fourth-order valence-electron chi connectivity index (χ4n) is 3.53. The Labute approximate surface area is 170 Å². The molecule has 0 aromatic heterocycles. The van der Waals surface area contributed by atoms with Gasteiger partial charge in [-0.15, -0.1) is 0 Å². The van der Waals surface area contributed by atoms with Crippen LogP contribution < -0.4 is 11.5 Å². The third-order valence-corrected chi connectivity index (χ3v) is 5.02. The molecule has 3 aromatic carbocycles. The number of aryl methyl sites for hydroxylation is 3. The van der Waals surface area contributed by atoms with Crippen molar-refractivity contribution >= 4 is 17.2 Å². The molecule has 3 aromatic rings. The summed E-state index contributed by atoms with van der Waals surface area (Å²) in [5, 5.41) is 0. The molecule has 0 radical (unpaired) electrons. The maximum atomic E-state index is 14.8. The summed E-state index contributed by atoms with van der Waals surface area (Å²) in [4.78, 5) is 12.5. The topological polar surface area (TPSA) is 69.1 Å². The minimum Gasteiger partial charge on any atom is -0.399 e. The van der Waals surface area contributed by atoms with Crippen LogP contribution >= 0.6 is 0 Å². The third kappa shape index (κ3) is 4.72. The van der Waals surface area contributed by atoms with E-state index in [9.17, 15) is 9.18 Å². The van der Waals surface area contributed by atoms with E-state index in [1.807, 2.05) is 56.3 Å². The number of benzene rings is 3. The van der Waals surface area contributed by atoms with Gasteiger partial charge in [-0.3, -0.25) is 4.79 Å². The Kier molecular flexibility index (Phi) is 6.13. The molecular weight excluding hydrogens is 363 g/mol. The van der Waals surface area contributed by atoms with Gasteiger partial charge in [0.25, 0.3) is 0 Å². The van der Waals surface area contributed by atoms with Gasteiger partial charge in [-0.05, 0) is 61.6 Å². The zero-order valence-electron chi connectivity index (χ0n) is 16.7. The molecule has 4 heteroatoms. The van der Waals surface area contributed by atoms with Crippen LogP contribution in [0.15, 0.2) is 72.3 Å². The SMILES string of the molecule is Cc1ccc(C)c(/C(=C(\CCc2cccc(N)c2)C(N)=O)c2ccccc2F)c1. The van der Waals surface area contributed by atoms with Crippen LogP contribution in [0, 0.1) is 19.7 Å². The van der Waals surface area contributed by atoms with E-state index >= 15 is 0 Å². The molecular formula is C25H25FN2O. The number of hydrogen-bond donors (Lipinski definition) is 2. The Morgan fingerprint density at radius 3 is 2.38 bits per heavy atom. The average molecular weight is 388 g/mol. The van der Waals surface area contributed by atoms with E-state index in [4.69, 9.17) is 11.5 Å². The molecule has 0 atom stereocenters. The molecule has 1 amide bonds. The van der Waals surface area contributed by atoms with Crippen molar-refractivity contribution in [2.24, 2.45) is 5.73 Å². The summed E-state index contributed by atoms with van der Waals surface area (Å²) in [6, 6.07) is 19.9. The van der Waals surface area contributed by atoms with Crippen molar-refractivity contribution < 1.29 is 9.18 Å². The highest BCUT2D eigenvalue weighted by atomic mass is 19.1. The first-order chi connectivity index (χ1) is 13.9. The van der Waals surface area contributed by atoms with Crippen molar-refractivity contribution in [1.82, 2.24) is 0 Å². The van der Waals surface area contributed by atoms with E-state index in [-0.39, 0.29) is 5.82 Å². The number of nitrogen functional groups attached to an aromatic ring is 1. The molecule has 148 valence electrons. The van der Waals surface area contributed by atoms with Crippen molar-refractivity contribution in [3.05, 3.63) is 106 Å². The van der Waals surface area contributed by atoms with Crippen molar-refractivity contribution in [3.63, 3.8) is 0 Å². The smallest absolute Gasteiger partial charge is 0.245 e. The van der Waals surface area contributed by atoms with Gasteiger partial charge >= 0.3 is 0 Å². The molecule has 0 aliphatic carbocycles. The van der Waals surface area contributed by atoms with Crippen LogP contribution in [0.4, 0.5) is 10.1 Å². The number of carbonyl (C=O) groups is 1. The normalized spacial score (nSPS) is 11.8. The predicted molar refractivity (Wildman–Crippen MR) is 117 cm³/mol. The van der Waals surface area contributed by atoms with Crippen LogP contribution in [0.1, 0.15) is 34.2 Å². The largest absolute Gasteiger partial charge is 0.399 e. The summed E-state index contributed by atoms with van der Waals surface area (Å²) in [5.41, 5.74) is 17.5. The van der Waals surface area contributed by atoms with Crippen molar-refractivity contribution in [1.29, 1.82) is 0 Å². The number of halogens is 1. The Morgan fingerprint density at radius 1 is 0.931 bits per heavy atom. The number of hydrogen-bond acceptors (Lipinski definition) is 2. The van der Waals surface area contributed by atoms with E-state index in [1.165, 1.54) is 6.07 Å². The lowest BCUT2D eigenvalue weighted by Crippen LogP contribution is -2.17. The van der Waals surface area contributed by atoms with Gasteiger partial charge in [0.15, 0.2) is 0 Å². The lowest BCUT2D eigenvalue weighted by Gasteiger charge is -2.18. The molecule has 3 rings (SSSR count). The standard InChI is InChI=1S/C25H25FN2O/c1-16-10-11-17(2)22(14-16)24(20-8-3-4-9-23(20)26)21(25(28)29)13-12-18-6-5-7-19(27)15-18/h3-11,14-15H,12-13,27H2,1-2H3,(H2,28,29)/b24-21+. The number of primary amides is 1. The molecule has 0 saturated carbocycles. The van der Waals surface area contributed by atoms with Gasteiger partial charge in [0.05, 0.1) is 0 Å². The average Bonchev–Trinajstić information content (AvgIpc) is 2.68. The highest BCUT2D eigenvalue weighted by Gasteiger charge is 2.20. The van der Waals surface area contributed by atoms with Crippen molar-refractivity contribution in [2.45, 2.75) is 26.7 Å². The second-order valence-electron chi connectivity index (χ2n) is 7.26. The summed E-state index contributed by atoms with van der Waals surface area (Å²) >= 11 is 0. The van der Waals surface area contributed by atoms with Gasteiger partial charge in [0, 0.05) is 22.4 Å².